The zero-order valence-electron chi connectivity index (χ0n) is 10.7. The van der Waals surface area contributed by atoms with Crippen LogP contribution < -0.4 is 0 Å². The minimum atomic E-state index is -3.27. The Kier molecular flexibility index (Phi) is 7.31. The summed E-state index contributed by atoms with van der Waals surface area (Å²) in [5.41, 5.74) is 0. The van der Waals surface area contributed by atoms with Crippen LogP contribution in [0.5, 0.6) is 0 Å². The number of ketones is 2. The summed E-state index contributed by atoms with van der Waals surface area (Å²) in [7, 11) is 0. The van der Waals surface area contributed by atoms with Crippen LogP contribution in [0.25, 0.3) is 0 Å². The topological polar surface area (TPSA) is 60.4 Å². The SMILES string of the molecule is CCOC(=O)C(CC(=O)C(C)CC)C(=O)C(F)F. The second-order valence-corrected chi connectivity index (χ2v) is 3.99. The molecule has 0 aromatic carbocycles. The third-order valence-electron chi connectivity index (χ3n) is 2.70. The summed E-state index contributed by atoms with van der Waals surface area (Å²) in [5.74, 6) is -5.05. The molecule has 18 heavy (non-hydrogen) atoms. The second-order valence-electron chi connectivity index (χ2n) is 3.99. The molecule has 0 saturated carbocycles. The van der Waals surface area contributed by atoms with Gasteiger partial charge in [-0.3, -0.25) is 14.4 Å². The highest BCUT2D eigenvalue weighted by atomic mass is 19.3. The molecule has 2 unspecified atom stereocenters. The largest absolute Gasteiger partial charge is 0.465 e. The molecule has 104 valence electrons. The maximum Gasteiger partial charge on any atom is 0.317 e. The summed E-state index contributed by atoms with van der Waals surface area (Å²) < 4.78 is 29.2. The van der Waals surface area contributed by atoms with E-state index in [1.807, 2.05) is 0 Å². The van der Waals surface area contributed by atoms with Crippen molar-refractivity contribution in [2.24, 2.45) is 11.8 Å². The van der Waals surface area contributed by atoms with E-state index in [4.69, 9.17) is 0 Å². The first-order valence-electron chi connectivity index (χ1n) is 5.86. The Labute approximate surface area is 105 Å². The van der Waals surface area contributed by atoms with Gasteiger partial charge in [-0.1, -0.05) is 13.8 Å². The molecule has 0 fully saturated rings. The molecule has 0 aliphatic carbocycles. The summed E-state index contributed by atoms with van der Waals surface area (Å²) in [5, 5.41) is 0. The molecule has 0 aliphatic heterocycles. The Morgan fingerprint density at radius 3 is 2.11 bits per heavy atom. The van der Waals surface area contributed by atoms with Gasteiger partial charge in [-0.25, -0.2) is 8.78 Å². The van der Waals surface area contributed by atoms with Crippen molar-refractivity contribution in [3.8, 4) is 0 Å². The molecule has 0 aromatic heterocycles. The fraction of sp³-hybridized carbons (Fsp3) is 0.750. The van der Waals surface area contributed by atoms with Gasteiger partial charge in [0.05, 0.1) is 6.61 Å². The van der Waals surface area contributed by atoms with Gasteiger partial charge < -0.3 is 4.74 Å². The van der Waals surface area contributed by atoms with Crippen LogP contribution in [0.15, 0.2) is 0 Å². The van der Waals surface area contributed by atoms with E-state index in [-0.39, 0.29) is 18.3 Å². The fourth-order valence-electron chi connectivity index (χ4n) is 1.33. The molecule has 0 radical (unpaired) electrons. The second kappa shape index (κ2) is 7.89. The molecule has 0 spiro atoms. The van der Waals surface area contributed by atoms with Gasteiger partial charge in [-0.2, -0.15) is 0 Å². The first-order chi connectivity index (χ1) is 8.34. The van der Waals surface area contributed by atoms with Crippen LogP contribution in [0, 0.1) is 11.8 Å². The first-order valence-corrected chi connectivity index (χ1v) is 5.86. The van der Waals surface area contributed by atoms with E-state index < -0.39 is 30.5 Å². The summed E-state index contributed by atoms with van der Waals surface area (Å²) >= 11 is 0. The molecule has 0 rings (SSSR count). The highest BCUT2D eigenvalue weighted by Crippen LogP contribution is 2.17. The maximum atomic E-state index is 12.3. The standard InChI is InChI=1S/C12H18F2O4/c1-4-7(3)9(15)6-8(10(16)11(13)14)12(17)18-5-2/h7-8,11H,4-6H2,1-3H3. The van der Waals surface area contributed by atoms with Crippen LogP contribution in [0.3, 0.4) is 0 Å². The minimum absolute atomic E-state index is 0.0244. The van der Waals surface area contributed by atoms with Crippen LogP contribution in [0.1, 0.15) is 33.6 Å². The maximum absolute atomic E-state index is 12.3. The number of carbonyl (C=O) groups is 3. The van der Waals surface area contributed by atoms with Crippen LogP contribution in [-0.4, -0.2) is 30.6 Å². The lowest BCUT2D eigenvalue weighted by Gasteiger charge is -2.15. The van der Waals surface area contributed by atoms with Crippen molar-refractivity contribution < 1.29 is 27.9 Å². The normalized spacial score (nSPS) is 14.1. The van der Waals surface area contributed by atoms with E-state index in [0.717, 1.165) is 0 Å². The van der Waals surface area contributed by atoms with Crippen molar-refractivity contribution in [3.05, 3.63) is 0 Å². The Morgan fingerprint density at radius 2 is 1.72 bits per heavy atom. The third kappa shape index (κ3) is 4.89. The zero-order valence-corrected chi connectivity index (χ0v) is 10.7. The number of Topliss-reactive ketones (excluding diaryl/α,β-unsaturated/α-hetero) is 2. The van der Waals surface area contributed by atoms with E-state index in [1.54, 1.807) is 13.8 Å². The number of halogens is 2. The fourth-order valence-corrected chi connectivity index (χ4v) is 1.33. The Morgan fingerprint density at radius 1 is 1.17 bits per heavy atom. The lowest BCUT2D eigenvalue weighted by Crippen LogP contribution is -2.33. The predicted molar refractivity (Wildman–Crippen MR) is 60.2 cm³/mol. The summed E-state index contributed by atoms with van der Waals surface area (Å²) in [4.78, 5) is 34.2. The summed E-state index contributed by atoms with van der Waals surface area (Å²) in [6.45, 7) is 4.86. The van der Waals surface area contributed by atoms with E-state index in [2.05, 4.69) is 4.74 Å². The molecule has 0 aliphatic rings. The molecule has 0 N–H and O–H groups in total. The van der Waals surface area contributed by atoms with Crippen molar-refractivity contribution in [1.29, 1.82) is 0 Å². The van der Waals surface area contributed by atoms with Gasteiger partial charge in [-0.05, 0) is 13.3 Å². The van der Waals surface area contributed by atoms with Gasteiger partial charge in [0.1, 0.15) is 11.7 Å². The van der Waals surface area contributed by atoms with Crippen LogP contribution >= 0.6 is 0 Å². The molecular formula is C12H18F2O4. The average Bonchev–Trinajstić information content (AvgIpc) is 2.33. The van der Waals surface area contributed by atoms with Crippen molar-refractivity contribution in [1.82, 2.24) is 0 Å². The predicted octanol–water partition coefficient (Wildman–Crippen LogP) is 2.01. The zero-order chi connectivity index (χ0) is 14.3. The van der Waals surface area contributed by atoms with Gasteiger partial charge in [0.2, 0.25) is 5.78 Å². The minimum Gasteiger partial charge on any atom is -0.465 e. The quantitative estimate of drug-likeness (QED) is 0.497. The molecule has 2 atom stereocenters. The molecule has 4 nitrogen and oxygen atoms in total. The van der Waals surface area contributed by atoms with Gasteiger partial charge in [0.25, 0.3) is 6.43 Å². The van der Waals surface area contributed by atoms with Crippen molar-refractivity contribution in [2.45, 2.75) is 40.0 Å². The van der Waals surface area contributed by atoms with E-state index >= 15 is 0 Å². The number of alkyl halides is 2. The average molecular weight is 264 g/mol. The summed E-state index contributed by atoms with van der Waals surface area (Å²) in [6, 6.07) is 0. The van der Waals surface area contributed by atoms with E-state index in [9.17, 15) is 23.2 Å². The molecule has 0 heterocycles. The van der Waals surface area contributed by atoms with E-state index in [1.165, 1.54) is 6.92 Å². The Bertz CT molecular complexity index is 315. The number of esters is 1. The Balaban J connectivity index is 4.83. The van der Waals surface area contributed by atoms with Crippen molar-refractivity contribution in [2.75, 3.05) is 6.61 Å². The van der Waals surface area contributed by atoms with Crippen LogP contribution in [0.4, 0.5) is 8.78 Å². The van der Waals surface area contributed by atoms with Gasteiger partial charge in [0.15, 0.2) is 0 Å². The highest BCUT2D eigenvalue weighted by Gasteiger charge is 2.36. The molecule has 0 amide bonds. The van der Waals surface area contributed by atoms with Crippen LogP contribution in [0.2, 0.25) is 0 Å². The van der Waals surface area contributed by atoms with Gasteiger partial charge >= 0.3 is 5.97 Å². The number of hydrogen-bond donors (Lipinski definition) is 0. The van der Waals surface area contributed by atoms with E-state index in [0.29, 0.717) is 6.42 Å². The van der Waals surface area contributed by atoms with Gasteiger partial charge in [-0.15, -0.1) is 0 Å². The summed E-state index contributed by atoms with van der Waals surface area (Å²) in [6.07, 6.45) is -3.27. The first kappa shape index (κ1) is 16.7. The third-order valence-corrected chi connectivity index (χ3v) is 2.70. The lowest BCUT2D eigenvalue weighted by molar-refractivity contribution is -0.156. The molecule has 0 aromatic rings. The number of hydrogen-bond acceptors (Lipinski definition) is 4. The molecule has 0 bridgehead atoms. The van der Waals surface area contributed by atoms with Crippen molar-refractivity contribution in [3.63, 3.8) is 0 Å². The van der Waals surface area contributed by atoms with Crippen molar-refractivity contribution >= 4 is 17.5 Å². The number of rotatable bonds is 8. The molecule has 6 heteroatoms. The van der Waals surface area contributed by atoms with Gasteiger partial charge in [0, 0.05) is 12.3 Å². The highest BCUT2D eigenvalue weighted by molar-refractivity contribution is 6.04. The molecular weight excluding hydrogens is 246 g/mol. The Hall–Kier alpha value is -1.33. The monoisotopic (exact) mass is 264 g/mol. The number of ether oxygens (including phenoxy) is 1. The lowest BCUT2D eigenvalue weighted by atomic mass is 9.91. The van der Waals surface area contributed by atoms with Crippen LogP contribution in [-0.2, 0) is 19.1 Å². The molecule has 0 saturated heterocycles. The number of carbonyl (C=O) groups excluding carboxylic acids is 3. The smallest absolute Gasteiger partial charge is 0.317 e.